The van der Waals surface area contributed by atoms with E-state index in [1.165, 1.54) is 23.1 Å². The Labute approximate surface area is 257 Å². The van der Waals surface area contributed by atoms with Crippen LogP contribution in [0.2, 0.25) is 0 Å². The van der Waals surface area contributed by atoms with E-state index in [-0.39, 0.29) is 12.1 Å². The fourth-order valence-electron chi connectivity index (χ4n) is 6.00. The van der Waals surface area contributed by atoms with Crippen LogP contribution < -0.4 is 10.2 Å². The summed E-state index contributed by atoms with van der Waals surface area (Å²) in [6.07, 6.45) is -4.65. The Morgan fingerprint density at radius 1 is 1.00 bits per heavy atom. The van der Waals surface area contributed by atoms with Crippen molar-refractivity contribution in [1.82, 2.24) is 20.0 Å². The zero-order valence-electron chi connectivity index (χ0n) is 24.4. The molecule has 2 aliphatic rings. The number of morpholine rings is 1. The number of nitrogens with zero attached hydrogens (tertiary/aromatic N) is 4. The maximum absolute atomic E-state index is 14.3. The third-order valence-corrected chi connectivity index (χ3v) is 8.17. The van der Waals surface area contributed by atoms with Crippen molar-refractivity contribution < 1.29 is 31.9 Å². The van der Waals surface area contributed by atoms with Crippen LogP contribution in [0.5, 0.6) is 0 Å². The SMILES string of the molecule is CCN1C(=O)C(NC(=O)c2cccc(C(F)(F)F)c2)[C@@H](c2ccc(F)cc2)c2c(CN3CCOCC3)nn(-c3ccccc3)c21. The van der Waals surface area contributed by atoms with Gasteiger partial charge in [0.1, 0.15) is 17.7 Å². The van der Waals surface area contributed by atoms with Crippen LogP contribution in [0.15, 0.2) is 78.9 Å². The molecule has 0 saturated carbocycles. The van der Waals surface area contributed by atoms with Gasteiger partial charge in [0.2, 0.25) is 0 Å². The number of ether oxygens (including phenoxy) is 1. The van der Waals surface area contributed by atoms with Crippen LogP contribution in [-0.2, 0) is 22.3 Å². The first-order chi connectivity index (χ1) is 21.7. The normalized spacial score (nSPS) is 19.0. The number of aromatic nitrogens is 2. The van der Waals surface area contributed by atoms with Gasteiger partial charge in [0.25, 0.3) is 11.8 Å². The highest BCUT2D eigenvalue weighted by Crippen LogP contribution is 2.44. The van der Waals surface area contributed by atoms with Crippen LogP contribution in [-0.4, -0.2) is 65.4 Å². The Morgan fingerprint density at radius 2 is 1.71 bits per heavy atom. The maximum Gasteiger partial charge on any atom is 0.416 e. The maximum atomic E-state index is 14.3. The van der Waals surface area contributed by atoms with Crippen molar-refractivity contribution in [3.63, 3.8) is 0 Å². The highest BCUT2D eigenvalue weighted by Gasteiger charge is 2.46. The van der Waals surface area contributed by atoms with E-state index >= 15 is 0 Å². The summed E-state index contributed by atoms with van der Waals surface area (Å²) < 4.78 is 61.8. The molecule has 2 atom stereocenters. The molecule has 4 aromatic rings. The highest BCUT2D eigenvalue weighted by molar-refractivity contribution is 6.05. The van der Waals surface area contributed by atoms with Crippen LogP contribution in [0.3, 0.4) is 0 Å². The smallest absolute Gasteiger partial charge is 0.379 e. The van der Waals surface area contributed by atoms with E-state index in [1.807, 2.05) is 30.3 Å². The Bertz CT molecular complexity index is 1680. The van der Waals surface area contributed by atoms with E-state index in [4.69, 9.17) is 9.84 Å². The summed E-state index contributed by atoms with van der Waals surface area (Å²) in [5.74, 6) is -2.07. The quantitative estimate of drug-likeness (QED) is 0.289. The van der Waals surface area contributed by atoms with Crippen LogP contribution >= 0.6 is 0 Å². The lowest BCUT2D eigenvalue weighted by atomic mass is 9.80. The summed E-state index contributed by atoms with van der Waals surface area (Å²) in [6.45, 7) is 4.89. The molecular weight excluding hydrogens is 590 g/mol. The van der Waals surface area contributed by atoms with E-state index in [9.17, 15) is 27.2 Å². The number of halogens is 4. The van der Waals surface area contributed by atoms with Crippen LogP contribution in [0.25, 0.3) is 5.69 Å². The molecule has 12 heteroatoms. The highest BCUT2D eigenvalue weighted by atomic mass is 19.4. The van der Waals surface area contributed by atoms with Gasteiger partial charge in [-0.25, -0.2) is 9.07 Å². The molecule has 45 heavy (non-hydrogen) atoms. The van der Waals surface area contributed by atoms with Crippen molar-refractivity contribution in [1.29, 1.82) is 0 Å². The first kappa shape index (κ1) is 30.5. The predicted octanol–water partition coefficient (Wildman–Crippen LogP) is 5.16. The fourth-order valence-corrected chi connectivity index (χ4v) is 6.00. The van der Waals surface area contributed by atoms with Gasteiger partial charge in [0.15, 0.2) is 0 Å². The van der Waals surface area contributed by atoms with E-state index in [0.29, 0.717) is 55.5 Å². The predicted molar refractivity (Wildman–Crippen MR) is 159 cm³/mol. The second-order valence-electron chi connectivity index (χ2n) is 11.0. The molecule has 1 unspecified atom stereocenters. The molecular formula is C33H31F4N5O3. The number of likely N-dealkylation sites (N-methyl/N-ethyl adjacent to an activating group) is 1. The first-order valence-corrected chi connectivity index (χ1v) is 14.7. The van der Waals surface area contributed by atoms with E-state index in [1.54, 1.807) is 23.7 Å². The fraction of sp³-hybridized carbons (Fsp3) is 0.303. The molecule has 1 fully saturated rings. The second-order valence-corrected chi connectivity index (χ2v) is 11.0. The van der Waals surface area contributed by atoms with Gasteiger partial charge in [0, 0.05) is 43.2 Å². The molecule has 0 aliphatic carbocycles. The minimum absolute atomic E-state index is 0.230. The van der Waals surface area contributed by atoms with Gasteiger partial charge in [-0.3, -0.25) is 19.4 Å². The molecule has 234 valence electrons. The number of benzene rings is 3. The number of hydrogen-bond donors (Lipinski definition) is 1. The molecule has 6 rings (SSSR count). The number of para-hydroxylation sites is 1. The molecule has 0 spiro atoms. The van der Waals surface area contributed by atoms with E-state index in [0.717, 1.165) is 23.9 Å². The summed E-state index contributed by atoms with van der Waals surface area (Å²) in [7, 11) is 0. The summed E-state index contributed by atoms with van der Waals surface area (Å²) >= 11 is 0. The minimum Gasteiger partial charge on any atom is -0.379 e. The zero-order valence-corrected chi connectivity index (χ0v) is 24.4. The molecule has 1 aromatic heterocycles. The van der Waals surface area contributed by atoms with E-state index < -0.39 is 41.3 Å². The summed E-state index contributed by atoms with van der Waals surface area (Å²) in [4.78, 5) is 31.6. The first-order valence-electron chi connectivity index (χ1n) is 14.7. The molecule has 1 N–H and O–H groups in total. The lowest BCUT2D eigenvalue weighted by Gasteiger charge is -2.39. The average Bonchev–Trinajstić information content (AvgIpc) is 3.40. The number of alkyl halides is 3. The summed E-state index contributed by atoms with van der Waals surface area (Å²) in [5, 5.41) is 7.77. The van der Waals surface area contributed by atoms with Crippen molar-refractivity contribution in [2.75, 3.05) is 37.7 Å². The van der Waals surface area contributed by atoms with Gasteiger partial charge in [-0.1, -0.05) is 36.4 Å². The standard InChI is InChI=1S/C33H31F4N5O3/c1-2-41-31-28(26(20-40-15-17-45-18-16-40)39-42(31)25-9-4-3-5-10-25)27(21-11-13-24(34)14-12-21)29(32(41)44)38-30(43)22-7-6-8-23(19-22)33(35,36)37/h3-14,19,27,29H,2,15-18,20H2,1H3,(H,38,43)/t27-,29?/m0/s1. The number of anilines is 1. The Hall–Kier alpha value is -4.55. The number of amides is 2. The number of rotatable bonds is 7. The van der Waals surface area contributed by atoms with Crippen LogP contribution in [0, 0.1) is 5.82 Å². The van der Waals surface area contributed by atoms with Gasteiger partial charge < -0.3 is 10.1 Å². The number of hydrogen-bond acceptors (Lipinski definition) is 5. The lowest BCUT2D eigenvalue weighted by Crippen LogP contribution is -2.55. The van der Waals surface area contributed by atoms with Crippen molar-refractivity contribution in [3.8, 4) is 5.69 Å². The van der Waals surface area contributed by atoms with Gasteiger partial charge in [-0.05, 0) is 55.0 Å². The van der Waals surface area contributed by atoms with Gasteiger partial charge >= 0.3 is 6.18 Å². The number of carbonyl (C=O) groups excluding carboxylic acids is 2. The lowest BCUT2D eigenvalue weighted by molar-refractivity contribution is -0.137. The Balaban J connectivity index is 1.52. The molecule has 1 saturated heterocycles. The largest absolute Gasteiger partial charge is 0.416 e. The molecule has 2 amide bonds. The number of carbonyl (C=O) groups is 2. The van der Waals surface area contributed by atoms with Crippen LogP contribution in [0.1, 0.15) is 45.6 Å². The van der Waals surface area contributed by atoms with Crippen LogP contribution in [0.4, 0.5) is 23.4 Å². The molecule has 0 bridgehead atoms. The Morgan fingerprint density at radius 3 is 2.38 bits per heavy atom. The molecule has 3 heterocycles. The van der Waals surface area contributed by atoms with Crippen molar-refractivity contribution >= 4 is 17.6 Å². The van der Waals surface area contributed by atoms with Crippen molar-refractivity contribution in [2.45, 2.75) is 31.6 Å². The molecule has 0 radical (unpaired) electrons. The van der Waals surface area contributed by atoms with Gasteiger partial charge in [-0.2, -0.15) is 18.3 Å². The molecule has 8 nitrogen and oxygen atoms in total. The van der Waals surface area contributed by atoms with Gasteiger partial charge in [0.05, 0.1) is 30.2 Å². The number of fused-ring (bicyclic) bond motifs is 1. The summed E-state index contributed by atoms with van der Waals surface area (Å²) in [6, 6.07) is 17.9. The van der Waals surface area contributed by atoms with Crippen molar-refractivity contribution in [2.24, 2.45) is 0 Å². The zero-order chi connectivity index (χ0) is 31.7. The third-order valence-electron chi connectivity index (χ3n) is 8.17. The minimum atomic E-state index is -4.65. The van der Waals surface area contributed by atoms with Gasteiger partial charge in [-0.15, -0.1) is 0 Å². The molecule has 2 aliphatic heterocycles. The molecule has 3 aromatic carbocycles. The second kappa shape index (κ2) is 12.4. The average molecular weight is 622 g/mol. The van der Waals surface area contributed by atoms with Crippen molar-refractivity contribution in [3.05, 3.63) is 113 Å². The topological polar surface area (TPSA) is 79.7 Å². The van der Waals surface area contributed by atoms with E-state index in [2.05, 4.69) is 10.2 Å². The monoisotopic (exact) mass is 621 g/mol. The number of nitrogens with one attached hydrogen (secondary N) is 1. The summed E-state index contributed by atoms with van der Waals surface area (Å²) in [5.41, 5.74) is 1.39. The third kappa shape index (κ3) is 6.07. The Kier molecular flexibility index (Phi) is 8.43.